The van der Waals surface area contributed by atoms with Crippen molar-refractivity contribution in [3.05, 3.63) is 107 Å². The summed E-state index contributed by atoms with van der Waals surface area (Å²) in [6, 6.07) is 19.8. The fraction of sp³-hybridized carbons (Fsp3) is 0.468. The number of carbonyl (C=O) groups is 1. The Labute approximate surface area is 340 Å². The van der Waals surface area contributed by atoms with Gasteiger partial charge in [-0.15, -0.1) is 29.1 Å². The van der Waals surface area contributed by atoms with Crippen LogP contribution in [0.4, 0.5) is 13.2 Å². The predicted molar refractivity (Wildman–Crippen MR) is 217 cm³/mol. The molecule has 5 rings (SSSR count). The summed E-state index contributed by atoms with van der Waals surface area (Å²) >= 11 is 0. The van der Waals surface area contributed by atoms with E-state index in [1.54, 1.807) is 12.3 Å². The summed E-state index contributed by atoms with van der Waals surface area (Å²) in [4.78, 5) is 21.2. The van der Waals surface area contributed by atoms with Crippen molar-refractivity contribution < 1.29 is 43.2 Å². The molecule has 299 valence electrons. The molecule has 55 heavy (non-hydrogen) atoms. The van der Waals surface area contributed by atoms with E-state index in [1.807, 2.05) is 52.1 Å². The van der Waals surface area contributed by atoms with Crippen LogP contribution in [-0.2, 0) is 42.2 Å². The van der Waals surface area contributed by atoms with E-state index in [2.05, 4.69) is 76.0 Å². The molecular formula is C47H58F3IrN2O2-. The molecule has 0 atom stereocenters. The Morgan fingerprint density at radius 1 is 0.891 bits per heavy atom. The number of aliphatic hydroxyl groups is 1. The quantitative estimate of drug-likeness (QED) is 0.0925. The van der Waals surface area contributed by atoms with Crippen LogP contribution in [0.2, 0.25) is 0 Å². The Balaban J connectivity index is 0.000000433. The van der Waals surface area contributed by atoms with Crippen LogP contribution < -0.4 is 0 Å². The molecule has 1 aliphatic carbocycles. The number of alkyl halides is 3. The van der Waals surface area contributed by atoms with Gasteiger partial charge in [-0.05, 0) is 78.0 Å². The van der Waals surface area contributed by atoms with Crippen molar-refractivity contribution in [1.29, 1.82) is 0 Å². The topological polar surface area (TPSA) is 63.1 Å². The molecule has 0 saturated carbocycles. The first-order chi connectivity index (χ1) is 25.2. The Hall–Kier alpha value is -3.61. The largest absolute Gasteiger partial charge is 0.512 e. The van der Waals surface area contributed by atoms with Crippen molar-refractivity contribution in [3.8, 4) is 11.3 Å². The molecule has 2 aromatic heterocycles. The van der Waals surface area contributed by atoms with Gasteiger partial charge in [0.1, 0.15) is 0 Å². The predicted octanol–water partition coefficient (Wildman–Crippen LogP) is 13.2. The van der Waals surface area contributed by atoms with E-state index in [0.717, 1.165) is 64.7 Å². The fourth-order valence-electron chi connectivity index (χ4n) is 7.38. The van der Waals surface area contributed by atoms with E-state index in [9.17, 15) is 23.1 Å². The standard InChI is InChI=1S/C34H34F3N2.C13H24O2.Ir/c1-31(2,3)26-18-24(16-22-10-8-9-11-25(22)26)30-29-23(14-15-38-30)17-27(33(29,6)7)28-13-12-21(20-39-28)19-32(4,5)34(35,36)37;1-5-10(6-2)12(14)9-13(15)11(7-3)8-4;/h8-15,17-18,20H,19H2,1-7H3;9-11,14H,5-8H2,1-4H3;/q-1;;/b;12-9-;. The average molecular weight is 932 g/mol. The van der Waals surface area contributed by atoms with Crippen molar-refractivity contribution in [2.75, 3.05) is 0 Å². The molecule has 1 radical (unpaired) electrons. The minimum Gasteiger partial charge on any atom is -0.512 e. The molecular weight excluding hydrogens is 874 g/mol. The third-order valence-corrected chi connectivity index (χ3v) is 11.0. The number of aromatic nitrogens is 2. The summed E-state index contributed by atoms with van der Waals surface area (Å²) in [6.07, 6.45) is 6.05. The summed E-state index contributed by atoms with van der Waals surface area (Å²) < 4.78 is 40.2. The number of ketones is 1. The zero-order chi connectivity index (χ0) is 40.2. The Bertz CT molecular complexity index is 2000. The molecule has 0 spiro atoms. The minimum atomic E-state index is -4.28. The van der Waals surface area contributed by atoms with Crippen LogP contribution in [0.1, 0.15) is 130 Å². The first kappa shape index (κ1) is 45.8. The normalized spacial score (nSPS) is 14.3. The summed E-state index contributed by atoms with van der Waals surface area (Å²) in [7, 11) is 0. The van der Waals surface area contributed by atoms with Gasteiger partial charge in [-0.1, -0.05) is 111 Å². The van der Waals surface area contributed by atoms with Gasteiger partial charge in [0.2, 0.25) is 0 Å². The molecule has 0 saturated heterocycles. The molecule has 8 heteroatoms. The zero-order valence-electron chi connectivity index (χ0n) is 34.3. The van der Waals surface area contributed by atoms with E-state index in [1.165, 1.54) is 30.9 Å². The van der Waals surface area contributed by atoms with Crippen molar-refractivity contribution in [2.45, 2.75) is 125 Å². The number of allylic oxidation sites excluding steroid dienone is 3. The Morgan fingerprint density at radius 3 is 2.05 bits per heavy atom. The van der Waals surface area contributed by atoms with Gasteiger partial charge >= 0.3 is 6.18 Å². The van der Waals surface area contributed by atoms with Crippen LogP contribution in [0.5, 0.6) is 0 Å². The van der Waals surface area contributed by atoms with Crippen LogP contribution in [-0.4, -0.2) is 27.0 Å². The number of aliphatic hydroxyl groups excluding tert-OH is 1. The number of nitrogens with zero attached hydrogens (tertiary/aromatic N) is 2. The number of carbonyl (C=O) groups excluding carboxylic acids is 1. The molecule has 2 heterocycles. The summed E-state index contributed by atoms with van der Waals surface area (Å²) in [5.41, 5.74) is 5.32. The summed E-state index contributed by atoms with van der Waals surface area (Å²) in [5, 5.41) is 12.0. The van der Waals surface area contributed by atoms with Crippen LogP contribution in [0.15, 0.2) is 72.8 Å². The number of benzene rings is 2. The number of fused-ring (bicyclic) bond motifs is 2. The second-order valence-electron chi connectivity index (χ2n) is 16.8. The van der Waals surface area contributed by atoms with E-state index >= 15 is 0 Å². The molecule has 4 nitrogen and oxygen atoms in total. The number of hydrogen-bond donors (Lipinski definition) is 1. The molecule has 0 amide bonds. The average Bonchev–Trinajstić information content (AvgIpc) is 3.38. The third-order valence-electron chi connectivity index (χ3n) is 11.0. The third kappa shape index (κ3) is 10.2. The number of rotatable bonds is 11. The van der Waals surface area contributed by atoms with Crippen LogP contribution in [0, 0.1) is 23.3 Å². The molecule has 2 aromatic carbocycles. The first-order valence-electron chi connectivity index (χ1n) is 19.3. The number of halogens is 3. The fourth-order valence-corrected chi connectivity index (χ4v) is 7.38. The van der Waals surface area contributed by atoms with Gasteiger partial charge in [0, 0.05) is 61.5 Å². The molecule has 1 N–H and O–H groups in total. The van der Waals surface area contributed by atoms with Crippen molar-refractivity contribution in [1.82, 2.24) is 9.97 Å². The minimum absolute atomic E-state index is 0. The second-order valence-corrected chi connectivity index (χ2v) is 16.8. The smallest absolute Gasteiger partial charge is 0.394 e. The van der Waals surface area contributed by atoms with Gasteiger partial charge in [-0.3, -0.25) is 14.8 Å². The maximum Gasteiger partial charge on any atom is 0.394 e. The van der Waals surface area contributed by atoms with Crippen molar-refractivity contribution in [3.63, 3.8) is 0 Å². The van der Waals surface area contributed by atoms with Crippen molar-refractivity contribution in [2.24, 2.45) is 17.3 Å². The molecule has 0 fully saturated rings. The summed E-state index contributed by atoms with van der Waals surface area (Å²) in [6.45, 7) is 21.5. The number of pyridine rings is 2. The van der Waals surface area contributed by atoms with E-state index in [-0.39, 0.29) is 55.3 Å². The molecule has 0 unspecified atom stereocenters. The van der Waals surface area contributed by atoms with Gasteiger partial charge in [0.15, 0.2) is 5.78 Å². The van der Waals surface area contributed by atoms with Gasteiger partial charge in [0.25, 0.3) is 0 Å². The summed E-state index contributed by atoms with van der Waals surface area (Å²) in [5.74, 6) is 0.547. The first-order valence-corrected chi connectivity index (χ1v) is 19.3. The number of hydrogen-bond acceptors (Lipinski definition) is 4. The second kappa shape index (κ2) is 18.1. The Morgan fingerprint density at radius 2 is 1.51 bits per heavy atom. The van der Waals surface area contributed by atoms with E-state index < -0.39 is 17.0 Å². The molecule has 0 bridgehead atoms. The van der Waals surface area contributed by atoms with Gasteiger partial charge < -0.3 is 5.11 Å². The monoisotopic (exact) mass is 932 g/mol. The maximum absolute atomic E-state index is 13.4. The maximum atomic E-state index is 13.4. The van der Waals surface area contributed by atoms with Crippen LogP contribution in [0.25, 0.3) is 33.7 Å². The van der Waals surface area contributed by atoms with E-state index in [0.29, 0.717) is 5.56 Å². The van der Waals surface area contributed by atoms with Gasteiger partial charge in [0.05, 0.1) is 16.9 Å². The molecule has 4 aromatic rings. The van der Waals surface area contributed by atoms with Crippen LogP contribution >= 0.6 is 0 Å². The Kier molecular flexibility index (Phi) is 15.1. The van der Waals surface area contributed by atoms with Crippen molar-refractivity contribution >= 4 is 28.2 Å². The zero-order valence-corrected chi connectivity index (χ0v) is 36.7. The van der Waals surface area contributed by atoms with Crippen LogP contribution in [0.3, 0.4) is 0 Å². The van der Waals surface area contributed by atoms with E-state index in [4.69, 9.17) is 4.98 Å². The van der Waals surface area contributed by atoms with Gasteiger partial charge in [-0.2, -0.15) is 13.2 Å². The SMILES string of the molecule is CC(C)(C)c1cc(-c2nccc3c2C(C)(C)C(c2ccc(CC(C)(C)C(F)(F)F)cn2)=C3)[c-]c2ccccc12.CCC(CC)C(=O)/C=C(\O)C(CC)CC.[Ir]. The molecule has 0 aliphatic heterocycles. The molecule has 1 aliphatic rings. The van der Waals surface area contributed by atoms with Gasteiger partial charge in [-0.25, -0.2) is 0 Å².